The molecule has 3 aromatic heterocycles. The van der Waals surface area contributed by atoms with Gasteiger partial charge in [-0.05, 0) is 51.8 Å². The molecule has 0 unspecified atom stereocenters. The quantitative estimate of drug-likeness (QED) is 0.311. The Morgan fingerprint density at radius 1 is 1.29 bits per heavy atom. The number of benzene rings is 1. The highest BCUT2D eigenvalue weighted by atomic mass is 16.6. The van der Waals surface area contributed by atoms with Crippen LogP contribution in [0.3, 0.4) is 0 Å². The fraction of sp³-hybridized carbons (Fsp3) is 0.235. The molecule has 0 saturated heterocycles. The monoisotopic (exact) mass is 422 g/mol. The second kappa shape index (κ2) is 8.48. The van der Waals surface area contributed by atoms with E-state index in [0.717, 1.165) is 17.7 Å². The summed E-state index contributed by atoms with van der Waals surface area (Å²) >= 11 is 0. The minimum absolute atomic E-state index is 0.0468. The molecular weight excluding hydrogens is 404 g/mol. The molecular formula is C17H18N12O2. The molecule has 0 atom stereocenters. The van der Waals surface area contributed by atoms with Crippen molar-refractivity contribution in [3.63, 3.8) is 0 Å². The van der Waals surface area contributed by atoms with Gasteiger partial charge in [0, 0.05) is 0 Å². The minimum Gasteiger partial charge on any atom is -0.378 e. The lowest BCUT2D eigenvalue weighted by molar-refractivity contribution is 0.0948. The van der Waals surface area contributed by atoms with E-state index in [1.54, 1.807) is 6.92 Å². The van der Waals surface area contributed by atoms with Crippen LogP contribution in [0.2, 0.25) is 0 Å². The van der Waals surface area contributed by atoms with Gasteiger partial charge in [0.05, 0.1) is 17.1 Å². The molecule has 4 rings (SSSR count). The van der Waals surface area contributed by atoms with E-state index in [0.29, 0.717) is 17.8 Å². The first kappa shape index (κ1) is 19.8. The van der Waals surface area contributed by atoms with Crippen molar-refractivity contribution in [2.75, 3.05) is 5.73 Å². The van der Waals surface area contributed by atoms with Crippen LogP contribution in [-0.2, 0) is 6.42 Å². The summed E-state index contributed by atoms with van der Waals surface area (Å²) in [5.41, 5.74) is 11.0. The fourth-order valence-electron chi connectivity index (χ4n) is 2.85. The number of anilines is 1. The van der Waals surface area contributed by atoms with Gasteiger partial charge in [0.1, 0.15) is 6.33 Å². The number of amides is 1. The lowest BCUT2D eigenvalue weighted by Gasteiger charge is -2.06. The summed E-state index contributed by atoms with van der Waals surface area (Å²) < 4.78 is 7.48. The van der Waals surface area contributed by atoms with Crippen LogP contribution in [-0.4, -0.2) is 57.1 Å². The normalized spacial score (nSPS) is 11.6. The third-order valence-electron chi connectivity index (χ3n) is 4.36. The number of nitrogen functional groups attached to an aromatic ring is 1. The van der Waals surface area contributed by atoms with E-state index in [1.807, 2.05) is 31.2 Å². The zero-order valence-electron chi connectivity index (χ0n) is 16.7. The Hall–Kier alpha value is -4.49. The Morgan fingerprint density at radius 2 is 2.16 bits per heavy atom. The number of carbonyl (C=O) groups is 1. The predicted molar refractivity (Wildman–Crippen MR) is 106 cm³/mol. The Kier molecular flexibility index (Phi) is 5.42. The molecule has 0 aliphatic rings. The van der Waals surface area contributed by atoms with E-state index in [2.05, 4.69) is 51.3 Å². The number of hydrazone groups is 1. The summed E-state index contributed by atoms with van der Waals surface area (Å²) in [5, 5.41) is 30.5. The number of tetrazole rings is 1. The Bertz CT molecular complexity index is 1220. The smallest absolute Gasteiger partial charge is 0.293 e. The predicted octanol–water partition coefficient (Wildman–Crippen LogP) is 0.315. The van der Waals surface area contributed by atoms with Gasteiger partial charge in [-0.3, -0.25) is 4.79 Å². The van der Waals surface area contributed by atoms with Gasteiger partial charge in [-0.15, -0.1) is 10.2 Å². The SMILES string of the molecule is CCCc1c(C(=O)N/N=C(\C)c2cccc(-n3cnnn3)c2)nnn1-c1nonc1N. The Balaban J connectivity index is 1.56. The van der Waals surface area contributed by atoms with Crippen molar-refractivity contribution >= 4 is 17.4 Å². The maximum atomic E-state index is 12.7. The third kappa shape index (κ3) is 3.98. The zero-order valence-corrected chi connectivity index (χ0v) is 16.7. The molecule has 1 aromatic carbocycles. The molecule has 0 bridgehead atoms. The van der Waals surface area contributed by atoms with Gasteiger partial charge in [0.25, 0.3) is 5.91 Å². The molecule has 3 heterocycles. The van der Waals surface area contributed by atoms with Crippen LogP contribution in [0.15, 0.2) is 40.3 Å². The second-order valence-electron chi connectivity index (χ2n) is 6.46. The number of nitrogens with zero attached hydrogens (tertiary/aromatic N) is 10. The Labute approximate surface area is 175 Å². The topological polar surface area (TPSA) is 181 Å². The van der Waals surface area contributed by atoms with Crippen LogP contribution in [0.25, 0.3) is 11.5 Å². The van der Waals surface area contributed by atoms with Crippen molar-refractivity contribution in [1.82, 2.24) is 50.9 Å². The van der Waals surface area contributed by atoms with E-state index < -0.39 is 5.91 Å². The molecule has 31 heavy (non-hydrogen) atoms. The average molecular weight is 422 g/mol. The first-order chi connectivity index (χ1) is 15.1. The van der Waals surface area contributed by atoms with Crippen LogP contribution in [0, 0.1) is 0 Å². The van der Waals surface area contributed by atoms with Gasteiger partial charge in [-0.25, -0.2) is 14.7 Å². The fourth-order valence-corrected chi connectivity index (χ4v) is 2.85. The molecule has 0 saturated carbocycles. The van der Waals surface area contributed by atoms with Crippen LogP contribution in [0.1, 0.15) is 42.0 Å². The van der Waals surface area contributed by atoms with Crippen molar-refractivity contribution in [3.05, 3.63) is 47.5 Å². The number of rotatable bonds is 7. The van der Waals surface area contributed by atoms with Gasteiger partial charge in [0.15, 0.2) is 5.69 Å². The van der Waals surface area contributed by atoms with Crippen molar-refractivity contribution in [2.45, 2.75) is 26.7 Å². The molecule has 0 spiro atoms. The molecule has 0 radical (unpaired) electrons. The summed E-state index contributed by atoms with van der Waals surface area (Å²) in [4.78, 5) is 12.7. The van der Waals surface area contributed by atoms with Gasteiger partial charge >= 0.3 is 0 Å². The second-order valence-corrected chi connectivity index (χ2v) is 6.46. The molecule has 4 aromatic rings. The molecule has 0 fully saturated rings. The number of nitrogens with one attached hydrogen (secondary N) is 1. The first-order valence-corrected chi connectivity index (χ1v) is 9.30. The molecule has 158 valence electrons. The number of aromatic nitrogens is 9. The third-order valence-corrected chi connectivity index (χ3v) is 4.36. The van der Waals surface area contributed by atoms with E-state index in [1.165, 1.54) is 15.7 Å². The maximum absolute atomic E-state index is 12.7. The highest BCUT2D eigenvalue weighted by molar-refractivity contribution is 6.01. The van der Waals surface area contributed by atoms with Crippen LogP contribution in [0.5, 0.6) is 0 Å². The van der Waals surface area contributed by atoms with Crippen molar-refractivity contribution < 1.29 is 9.42 Å². The lowest BCUT2D eigenvalue weighted by atomic mass is 10.1. The van der Waals surface area contributed by atoms with Gasteiger partial charge in [-0.1, -0.05) is 30.7 Å². The van der Waals surface area contributed by atoms with Crippen molar-refractivity contribution in [1.29, 1.82) is 0 Å². The van der Waals surface area contributed by atoms with Crippen LogP contribution < -0.4 is 11.2 Å². The van der Waals surface area contributed by atoms with Gasteiger partial charge in [-0.2, -0.15) is 9.78 Å². The van der Waals surface area contributed by atoms with E-state index in [4.69, 9.17) is 5.73 Å². The Morgan fingerprint density at radius 3 is 2.87 bits per heavy atom. The van der Waals surface area contributed by atoms with Crippen molar-refractivity contribution in [2.24, 2.45) is 5.10 Å². The summed E-state index contributed by atoms with van der Waals surface area (Å²) in [7, 11) is 0. The molecule has 14 nitrogen and oxygen atoms in total. The maximum Gasteiger partial charge on any atom is 0.293 e. The van der Waals surface area contributed by atoms with Gasteiger partial charge < -0.3 is 5.73 Å². The summed E-state index contributed by atoms with van der Waals surface area (Å²) in [6, 6.07) is 7.40. The number of hydrogen-bond donors (Lipinski definition) is 2. The highest BCUT2D eigenvalue weighted by Gasteiger charge is 2.23. The van der Waals surface area contributed by atoms with Crippen LogP contribution in [0.4, 0.5) is 5.82 Å². The number of carbonyl (C=O) groups excluding carboxylic acids is 1. The van der Waals surface area contributed by atoms with E-state index in [-0.39, 0.29) is 17.3 Å². The highest BCUT2D eigenvalue weighted by Crippen LogP contribution is 2.17. The standard InChI is InChI=1S/C17H18N12O2/c1-3-5-13-14(21-26-29(13)16-15(18)23-31-24-16)17(30)22-20-10(2)11-6-4-7-12(8-11)28-9-19-25-27-28/h4,6-9H,3,5H2,1-2H3,(H2,18,23)(H,22,30)/b20-10+. The minimum atomic E-state index is -0.513. The summed E-state index contributed by atoms with van der Waals surface area (Å²) in [6.45, 7) is 3.73. The lowest BCUT2D eigenvalue weighted by Crippen LogP contribution is -2.21. The average Bonchev–Trinajstić information content (AvgIpc) is 3.53. The summed E-state index contributed by atoms with van der Waals surface area (Å²) in [5.74, 6) is -0.291. The molecule has 1 amide bonds. The van der Waals surface area contributed by atoms with Crippen molar-refractivity contribution in [3.8, 4) is 11.5 Å². The molecule has 0 aliphatic heterocycles. The number of hydrogen-bond acceptors (Lipinski definition) is 11. The van der Waals surface area contributed by atoms with Gasteiger partial charge in [0.2, 0.25) is 11.6 Å². The first-order valence-electron chi connectivity index (χ1n) is 9.30. The van der Waals surface area contributed by atoms with E-state index in [9.17, 15) is 4.79 Å². The number of nitrogens with two attached hydrogens (primary N) is 1. The molecule has 0 aliphatic carbocycles. The van der Waals surface area contributed by atoms with Crippen LogP contribution >= 0.6 is 0 Å². The van der Waals surface area contributed by atoms with E-state index >= 15 is 0 Å². The zero-order chi connectivity index (χ0) is 21.8. The molecule has 14 heteroatoms. The summed E-state index contributed by atoms with van der Waals surface area (Å²) in [6.07, 6.45) is 2.74. The largest absolute Gasteiger partial charge is 0.378 e. The molecule has 3 N–H and O–H groups in total.